The Morgan fingerprint density at radius 3 is 2.61 bits per heavy atom. The van der Waals surface area contributed by atoms with Gasteiger partial charge in [-0.25, -0.2) is 9.07 Å². The number of hydrogen-bond donors (Lipinski definition) is 3. The van der Waals surface area contributed by atoms with Crippen LogP contribution >= 0.6 is 15.9 Å². The van der Waals surface area contributed by atoms with Crippen LogP contribution in [0, 0.1) is 17.1 Å². The molecule has 2 aromatic carbocycles. The summed E-state index contributed by atoms with van der Waals surface area (Å²) in [5.74, 6) is -1.55. The van der Waals surface area contributed by atoms with Crippen LogP contribution in [0.3, 0.4) is 0 Å². The van der Waals surface area contributed by atoms with E-state index in [9.17, 15) is 14.0 Å². The zero-order chi connectivity index (χ0) is 20.3. The summed E-state index contributed by atoms with van der Waals surface area (Å²) >= 11 is 3.09. The highest BCUT2D eigenvalue weighted by atomic mass is 79.9. The molecule has 0 aliphatic rings. The number of halogens is 2. The normalized spacial score (nSPS) is 10.2. The number of nitrogen functional groups attached to an aromatic ring is 1. The van der Waals surface area contributed by atoms with E-state index in [1.54, 1.807) is 12.1 Å². The number of nitrogens with zero attached hydrogens (tertiary/aromatic N) is 3. The predicted octanol–water partition coefficient (Wildman–Crippen LogP) is 2.30. The Morgan fingerprint density at radius 1 is 1.18 bits per heavy atom. The Bertz CT molecular complexity index is 1120. The molecule has 0 aliphatic heterocycles. The van der Waals surface area contributed by atoms with Gasteiger partial charge in [0.15, 0.2) is 0 Å². The lowest BCUT2D eigenvalue weighted by Gasteiger charge is -2.10. The zero-order valence-electron chi connectivity index (χ0n) is 14.1. The third-order valence-electron chi connectivity index (χ3n) is 3.75. The first-order valence-corrected chi connectivity index (χ1v) is 8.59. The van der Waals surface area contributed by atoms with E-state index < -0.39 is 17.6 Å². The summed E-state index contributed by atoms with van der Waals surface area (Å²) < 4.78 is 14.7. The summed E-state index contributed by atoms with van der Waals surface area (Å²) in [5.41, 5.74) is 11.5. The fourth-order valence-corrected chi connectivity index (χ4v) is 2.89. The highest BCUT2D eigenvalue weighted by Gasteiger charge is 2.14. The molecule has 0 saturated heterocycles. The fourth-order valence-electron chi connectivity index (χ4n) is 2.36. The Kier molecular flexibility index (Phi) is 5.37. The van der Waals surface area contributed by atoms with Crippen LogP contribution in [0.2, 0.25) is 0 Å². The van der Waals surface area contributed by atoms with Crippen LogP contribution in [0.1, 0.15) is 26.3 Å². The molecule has 0 aliphatic carbocycles. The molecule has 0 atom stereocenters. The van der Waals surface area contributed by atoms with Gasteiger partial charge in [-0.2, -0.15) is 10.4 Å². The van der Waals surface area contributed by atoms with Crippen molar-refractivity contribution in [3.05, 3.63) is 75.6 Å². The molecule has 0 radical (unpaired) electrons. The van der Waals surface area contributed by atoms with Gasteiger partial charge in [-0.05, 0) is 52.3 Å². The topological polar surface area (TPSA) is 126 Å². The fraction of sp³-hybridized carbons (Fsp3) is 0. The van der Waals surface area contributed by atoms with Crippen molar-refractivity contribution in [2.75, 3.05) is 5.73 Å². The van der Waals surface area contributed by atoms with E-state index in [-0.39, 0.29) is 27.0 Å². The summed E-state index contributed by atoms with van der Waals surface area (Å²) in [6, 6.07) is 11.8. The van der Waals surface area contributed by atoms with Gasteiger partial charge in [0, 0.05) is 10.0 Å². The largest absolute Gasteiger partial charge is 0.382 e. The van der Waals surface area contributed by atoms with Gasteiger partial charge in [0.2, 0.25) is 0 Å². The number of hydrogen-bond acceptors (Lipinski definition) is 5. The van der Waals surface area contributed by atoms with Gasteiger partial charge in [0.25, 0.3) is 11.8 Å². The summed E-state index contributed by atoms with van der Waals surface area (Å²) in [5, 5.41) is 13.0. The molecule has 1 aromatic heterocycles. The number of hydrazine groups is 1. The monoisotopic (exact) mass is 442 g/mol. The van der Waals surface area contributed by atoms with Crippen molar-refractivity contribution in [2.45, 2.75) is 0 Å². The van der Waals surface area contributed by atoms with Crippen LogP contribution in [0.4, 0.5) is 10.2 Å². The first-order chi connectivity index (χ1) is 13.4. The van der Waals surface area contributed by atoms with E-state index in [2.05, 4.69) is 31.9 Å². The van der Waals surface area contributed by atoms with Crippen LogP contribution < -0.4 is 16.6 Å². The molecule has 2 amide bonds. The standard InChI is InChI=1S/C18H12BrFN6O2/c19-15-7-12(20)4-5-14(15)18(28)25-24-17(27)10-2-1-3-13(6-10)26-16(22)11(8-21)9-23-26/h1-7,9H,22H2,(H,24,27)(H,25,28). The molecule has 140 valence electrons. The summed E-state index contributed by atoms with van der Waals surface area (Å²) in [6.07, 6.45) is 1.32. The number of aromatic nitrogens is 2. The van der Waals surface area contributed by atoms with Gasteiger partial charge in [-0.3, -0.25) is 20.4 Å². The third-order valence-corrected chi connectivity index (χ3v) is 4.40. The van der Waals surface area contributed by atoms with E-state index in [0.29, 0.717) is 5.69 Å². The lowest BCUT2D eigenvalue weighted by atomic mass is 10.2. The highest BCUT2D eigenvalue weighted by Crippen LogP contribution is 2.18. The van der Waals surface area contributed by atoms with Crippen LogP contribution in [0.5, 0.6) is 0 Å². The van der Waals surface area contributed by atoms with Crippen molar-refractivity contribution < 1.29 is 14.0 Å². The summed E-state index contributed by atoms with van der Waals surface area (Å²) in [4.78, 5) is 24.5. The van der Waals surface area contributed by atoms with Gasteiger partial charge in [-0.1, -0.05) is 6.07 Å². The Balaban J connectivity index is 1.74. The first kappa shape index (κ1) is 19.1. The van der Waals surface area contributed by atoms with Gasteiger partial charge in [0.05, 0.1) is 17.4 Å². The quantitative estimate of drug-likeness (QED) is 0.536. The average molecular weight is 443 g/mol. The van der Waals surface area contributed by atoms with E-state index in [1.165, 1.54) is 29.1 Å². The maximum absolute atomic E-state index is 13.1. The van der Waals surface area contributed by atoms with E-state index in [1.807, 2.05) is 6.07 Å². The maximum atomic E-state index is 13.1. The van der Waals surface area contributed by atoms with Crippen molar-refractivity contribution in [1.29, 1.82) is 5.26 Å². The number of rotatable bonds is 3. The van der Waals surface area contributed by atoms with Crippen molar-refractivity contribution in [2.24, 2.45) is 0 Å². The summed E-state index contributed by atoms with van der Waals surface area (Å²) in [6.45, 7) is 0. The lowest BCUT2D eigenvalue weighted by molar-refractivity contribution is 0.0846. The van der Waals surface area contributed by atoms with E-state index >= 15 is 0 Å². The predicted molar refractivity (Wildman–Crippen MR) is 102 cm³/mol. The van der Waals surface area contributed by atoms with Gasteiger partial charge in [-0.15, -0.1) is 0 Å². The molecule has 3 aromatic rings. The number of carbonyl (C=O) groups is 2. The Morgan fingerprint density at radius 2 is 1.93 bits per heavy atom. The van der Waals surface area contributed by atoms with Crippen LogP contribution in [-0.4, -0.2) is 21.6 Å². The van der Waals surface area contributed by atoms with Crippen LogP contribution in [0.25, 0.3) is 5.69 Å². The third kappa shape index (κ3) is 3.84. The molecule has 4 N–H and O–H groups in total. The number of nitriles is 1. The smallest absolute Gasteiger partial charge is 0.270 e. The number of amides is 2. The molecule has 0 saturated carbocycles. The molecule has 0 bridgehead atoms. The van der Waals surface area contributed by atoms with Gasteiger partial charge in [0.1, 0.15) is 23.3 Å². The van der Waals surface area contributed by atoms with Gasteiger partial charge >= 0.3 is 0 Å². The minimum Gasteiger partial charge on any atom is -0.382 e. The first-order valence-electron chi connectivity index (χ1n) is 7.80. The number of carbonyl (C=O) groups excluding carboxylic acids is 2. The maximum Gasteiger partial charge on any atom is 0.270 e. The lowest BCUT2D eigenvalue weighted by Crippen LogP contribution is -2.41. The van der Waals surface area contributed by atoms with Crippen LogP contribution in [0.15, 0.2) is 53.1 Å². The van der Waals surface area contributed by atoms with Crippen molar-refractivity contribution in [1.82, 2.24) is 20.6 Å². The van der Waals surface area contributed by atoms with E-state index in [4.69, 9.17) is 11.0 Å². The molecular formula is C18H12BrFN6O2. The number of nitrogens with two attached hydrogens (primary N) is 1. The minimum atomic E-state index is -0.619. The van der Waals surface area contributed by atoms with Crippen molar-refractivity contribution in [3.8, 4) is 11.8 Å². The second-order valence-corrected chi connectivity index (χ2v) is 6.40. The SMILES string of the molecule is N#Cc1cnn(-c2cccc(C(=O)NNC(=O)c3ccc(F)cc3Br)c2)c1N. The average Bonchev–Trinajstić information content (AvgIpc) is 3.06. The van der Waals surface area contributed by atoms with Crippen molar-refractivity contribution in [3.63, 3.8) is 0 Å². The molecule has 0 unspecified atom stereocenters. The molecule has 3 rings (SSSR count). The zero-order valence-corrected chi connectivity index (χ0v) is 15.7. The van der Waals surface area contributed by atoms with Gasteiger partial charge < -0.3 is 5.73 Å². The molecule has 10 heteroatoms. The van der Waals surface area contributed by atoms with Crippen molar-refractivity contribution >= 4 is 33.6 Å². The number of anilines is 1. The number of nitrogens with one attached hydrogen (secondary N) is 2. The number of benzene rings is 2. The molecule has 28 heavy (non-hydrogen) atoms. The van der Waals surface area contributed by atoms with E-state index in [0.717, 1.165) is 12.1 Å². The molecular weight excluding hydrogens is 431 g/mol. The second-order valence-electron chi connectivity index (χ2n) is 5.55. The summed E-state index contributed by atoms with van der Waals surface area (Å²) in [7, 11) is 0. The minimum absolute atomic E-state index is 0.148. The highest BCUT2D eigenvalue weighted by molar-refractivity contribution is 9.10. The molecule has 8 nitrogen and oxygen atoms in total. The Labute approximate surface area is 166 Å². The molecule has 0 fully saturated rings. The molecule has 0 spiro atoms. The Hall–Kier alpha value is -3.71. The van der Waals surface area contributed by atoms with Crippen LogP contribution in [-0.2, 0) is 0 Å². The second kappa shape index (κ2) is 7.89. The molecule has 1 heterocycles.